The third-order valence-corrected chi connectivity index (χ3v) is 4.48. The Labute approximate surface area is 113 Å². The van der Waals surface area contributed by atoms with Crippen molar-refractivity contribution in [3.05, 3.63) is 46.3 Å². The molecule has 2 aromatic rings. The summed E-state index contributed by atoms with van der Waals surface area (Å²) >= 11 is 3.31. The van der Waals surface area contributed by atoms with E-state index in [1.54, 1.807) is 18.2 Å². The van der Waals surface area contributed by atoms with Gasteiger partial charge in [-0.25, -0.2) is 4.79 Å². The number of hydrogen-bond donors (Lipinski definition) is 1. The van der Waals surface area contributed by atoms with Gasteiger partial charge in [-0.15, -0.1) is 0 Å². The zero-order valence-corrected chi connectivity index (χ0v) is 11.4. The molecule has 1 aromatic carbocycles. The lowest BCUT2D eigenvalue weighted by Gasteiger charge is -2.01. The molecule has 18 heavy (non-hydrogen) atoms. The summed E-state index contributed by atoms with van der Waals surface area (Å²) < 4.78 is 17.6. The standard InChI is InChI=1S/C11H8BrNO4S/c12-8-3-1-2-4-10(8)18(16)6-7-5-9(11(14)15)13-17-7/h1-5H,6H2,(H,14,15). The number of carboxylic acids is 1. The summed E-state index contributed by atoms with van der Waals surface area (Å²) in [5.74, 6) is -0.804. The molecule has 1 N–H and O–H groups in total. The second-order valence-electron chi connectivity index (χ2n) is 3.40. The minimum Gasteiger partial charge on any atom is -0.476 e. The van der Waals surface area contributed by atoms with Crippen molar-refractivity contribution in [2.24, 2.45) is 0 Å². The maximum absolute atomic E-state index is 12.1. The molecule has 0 amide bonds. The van der Waals surface area contributed by atoms with E-state index in [0.29, 0.717) is 4.90 Å². The number of rotatable bonds is 4. The number of hydrogen-bond acceptors (Lipinski definition) is 4. The maximum atomic E-state index is 12.1. The van der Waals surface area contributed by atoms with Crippen LogP contribution in [-0.4, -0.2) is 20.4 Å². The molecule has 1 atom stereocenters. The maximum Gasteiger partial charge on any atom is 0.358 e. The number of aromatic carboxylic acids is 1. The minimum atomic E-state index is -1.32. The zero-order valence-electron chi connectivity index (χ0n) is 9.00. The summed E-state index contributed by atoms with van der Waals surface area (Å²) in [5.41, 5.74) is -0.186. The molecule has 0 spiro atoms. The van der Waals surface area contributed by atoms with Gasteiger partial charge in [0.15, 0.2) is 5.69 Å². The molecule has 94 valence electrons. The SMILES string of the molecule is O=C(O)c1cc(CS(=O)c2ccccc2Br)on1. The molecular weight excluding hydrogens is 322 g/mol. The van der Waals surface area contributed by atoms with Gasteiger partial charge in [0.25, 0.3) is 0 Å². The summed E-state index contributed by atoms with van der Waals surface area (Å²) in [6.07, 6.45) is 0. The molecule has 0 fully saturated rings. The Bertz CT molecular complexity index is 611. The lowest BCUT2D eigenvalue weighted by atomic mass is 10.4. The highest BCUT2D eigenvalue weighted by Gasteiger charge is 2.15. The summed E-state index contributed by atoms with van der Waals surface area (Å²) in [7, 11) is -1.32. The van der Waals surface area contributed by atoms with Crippen LogP contribution in [0.4, 0.5) is 0 Å². The Kier molecular flexibility index (Phi) is 3.93. The molecule has 0 radical (unpaired) electrons. The van der Waals surface area contributed by atoms with Crippen molar-refractivity contribution in [3.63, 3.8) is 0 Å². The molecule has 0 saturated carbocycles. The van der Waals surface area contributed by atoms with Crippen molar-refractivity contribution in [1.82, 2.24) is 5.16 Å². The monoisotopic (exact) mass is 329 g/mol. The van der Waals surface area contributed by atoms with Crippen molar-refractivity contribution in [2.75, 3.05) is 0 Å². The average molecular weight is 330 g/mol. The summed E-state index contributed by atoms with van der Waals surface area (Å²) in [4.78, 5) is 11.2. The van der Waals surface area contributed by atoms with E-state index in [1.807, 2.05) is 6.07 Å². The van der Waals surface area contributed by atoms with Crippen molar-refractivity contribution in [3.8, 4) is 0 Å². The van der Waals surface area contributed by atoms with Crippen LogP contribution in [0.15, 0.2) is 44.2 Å². The lowest BCUT2D eigenvalue weighted by molar-refractivity contribution is 0.0685. The first-order chi connectivity index (χ1) is 8.58. The normalized spacial score (nSPS) is 12.3. The number of carboxylic acid groups (broad SMARTS) is 1. The van der Waals surface area contributed by atoms with Crippen LogP contribution >= 0.6 is 15.9 Å². The van der Waals surface area contributed by atoms with E-state index in [4.69, 9.17) is 9.63 Å². The van der Waals surface area contributed by atoms with Gasteiger partial charge >= 0.3 is 5.97 Å². The van der Waals surface area contributed by atoms with Crippen LogP contribution in [0.5, 0.6) is 0 Å². The van der Waals surface area contributed by atoms with Crippen LogP contribution in [0.25, 0.3) is 0 Å². The van der Waals surface area contributed by atoms with Gasteiger partial charge in [-0.3, -0.25) is 4.21 Å². The smallest absolute Gasteiger partial charge is 0.358 e. The van der Waals surface area contributed by atoms with Gasteiger partial charge in [0, 0.05) is 10.5 Å². The van der Waals surface area contributed by atoms with Gasteiger partial charge in [-0.2, -0.15) is 0 Å². The zero-order chi connectivity index (χ0) is 13.1. The molecule has 0 aliphatic rings. The fourth-order valence-electron chi connectivity index (χ4n) is 1.32. The molecule has 0 aliphatic heterocycles. The quantitative estimate of drug-likeness (QED) is 0.931. The van der Waals surface area contributed by atoms with E-state index in [-0.39, 0.29) is 17.2 Å². The molecule has 1 unspecified atom stereocenters. The van der Waals surface area contributed by atoms with Crippen molar-refractivity contribution >= 4 is 32.7 Å². The average Bonchev–Trinajstić information content (AvgIpc) is 2.78. The highest BCUT2D eigenvalue weighted by atomic mass is 79.9. The summed E-state index contributed by atoms with van der Waals surface area (Å²) in [5, 5.41) is 12.1. The largest absolute Gasteiger partial charge is 0.476 e. The third kappa shape index (κ3) is 2.85. The number of carbonyl (C=O) groups is 1. The molecule has 1 heterocycles. The van der Waals surface area contributed by atoms with Crippen LogP contribution < -0.4 is 0 Å². The molecule has 0 saturated heterocycles. The van der Waals surface area contributed by atoms with E-state index >= 15 is 0 Å². The highest BCUT2D eigenvalue weighted by molar-refractivity contribution is 9.10. The summed E-state index contributed by atoms with van der Waals surface area (Å²) in [6, 6.07) is 8.39. The first-order valence-corrected chi connectivity index (χ1v) is 7.01. The van der Waals surface area contributed by atoms with E-state index in [9.17, 15) is 9.00 Å². The van der Waals surface area contributed by atoms with Gasteiger partial charge in [0.05, 0.1) is 21.4 Å². The Hall–Kier alpha value is -1.47. The molecule has 5 nitrogen and oxygen atoms in total. The van der Waals surface area contributed by atoms with Crippen molar-refractivity contribution in [2.45, 2.75) is 10.6 Å². The molecule has 0 bridgehead atoms. The van der Waals surface area contributed by atoms with Gasteiger partial charge in [-0.1, -0.05) is 17.3 Å². The van der Waals surface area contributed by atoms with Crippen molar-refractivity contribution in [1.29, 1.82) is 0 Å². The number of nitrogens with zero attached hydrogens (tertiary/aromatic N) is 1. The van der Waals surface area contributed by atoms with E-state index in [2.05, 4.69) is 21.1 Å². The Morgan fingerprint density at radius 1 is 1.44 bits per heavy atom. The third-order valence-electron chi connectivity index (χ3n) is 2.13. The summed E-state index contributed by atoms with van der Waals surface area (Å²) in [6.45, 7) is 0. The fourth-order valence-corrected chi connectivity index (χ4v) is 3.21. The van der Waals surface area contributed by atoms with Gasteiger partial charge < -0.3 is 9.63 Å². The van der Waals surface area contributed by atoms with E-state index < -0.39 is 16.8 Å². The van der Waals surface area contributed by atoms with Gasteiger partial charge in [-0.05, 0) is 28.1 Å². The van der Waals surface area contributed by atoms with E-state index in [0.717, 1.165) is 4.47 Å². The molecule has 2 rings (SSSR count). The predicted octanol–water partition coefficient (Wildman–Crippen LogP) is 2.44. The molecule has 7 heteroatoms. The van der Waals surface area contributed by atoms with Crippen LogP contribution in [0.2, 0.25) is 0 Å². The minimum absolute atomic E-state index is 0.0862. The van der Waals surface area contributed by atoms with Gasteiger partial charge in [0.2, 0.25) is 0 Å². The van der Waals surface area contributed by atoms with Crippen LogP contribution in [0.3, 0.4) is 0 Å². The van der Waals surface area contributed by atoms with Crippen molar-refractivity contribution < 1.29 is 18.6 Å². The lowest BCUT2D eigenvalue weighted by Crippen LogP contribution is -1.97. The molecular formula is C11H8BrNO4S. The van der Waals surface area contributed by atoms with Crippen LogP contribution in [-0.2, 0) is 16.6 Å². The fraction of sp³-hybridized carbons (Fsp3) is 0.0909. The predicted molar refractivity (Wildman–Crippen MR) is 67.7 cm³/mol. The topological polar surface area (TPSA) is 80.4 Å². The Balaban J connectivity index is 2.16. The molecule has 1 aromatic heterocycles. The number of halogens is 1. The second-order valence-corrected chi connectivity index (χ2v) is 5.68. The van der Waals surface area contributed by atoms with Crippen LogP contribution in [0.1, 0.15) is 16.2 Å². The van der Waals surface area contributed by atoms with Gasteiger partial charge in [0.1, 0.15) is 5.76 Å². The van der Waals surface area contributed by atoms with E-state index in [1.165, 1.54) is 6.07 Å². The Morgan fingerprint density at radius 2 is 2.17 bits per heavy atom. The van der Waals surface area contributed by atoms with Crippen LogP contribution in [0, 0.1) is 0 Å². The highest BCUT2D eigenvalue weighted by Crippen LogP contribution is 2.22. The number of benzene rings is 1. The first-order valence-electron chi connectivity index (χ1n) is 4.89. The Morgan fingerprint density at radius 3 is 2.78 bits per heavy atom. The first kappa shape index (κ1) is 13.0. The second kappa shape index (κ2) is 5.45. The molecule has 0 aliphatic carbocycles. The number of aromatic nitrogens is 1.